The summed E-state index contributed by atoms with van der Waals surface area (Å²) < 4.78 is 114. The summed E-state index contributed by atoms with van der Waals surface area (Å²) in [6, 6.07) is 10.2. The molecule has 2 unspecified atom stereocenters. The lowest BCUT2D eigenvalue weighted by molar-refractivity contribution is -0.157. The summed E-state index contributed by atoms with van der Waals surface area (Å²) in [6.07, 6.45) is -5.85. The van der Waals surface area contributed by atoms with Crippen LogP contribution >= 0.6 is 15.9 Å². The number of ether oxygens (including phenoxy) is 2. The standard InChI is InChI=1S/C21H19F4N3O3.C15H15F3N2O3.C6H5BrFN/c1-12-6-16(22)19(26-7-12)28-9-17(29)27(18(20(28)30)14-10-31-11-14)8-13-2-4-15(5-3-13)21(23,24)25;16-15(17,18)11-3-1-9(2-4-11)6-20-12(21)5-19-14(22)13(20)10-7-23-8-10;1-4-2-5(8)6(7)9-3-4/h2-7,14,18H,8-11H2,1H3;1-4,10,13H,5-8H2,(H,19,22);2-3H,1H3. The second-order valence-corrected chi connectivity index (χ2v) is 15.9. The summed E-state index contributed by atoms with van der Waals surface area (Å²) in [5.41, 5.74) is 0.862. The fraction of sp³-hybridized carbons (Fsp3) is 0.381. The van der Waals surface area contributed by atoms with Crippen LogP contribution in [0.1, 0.15) is 33.4 Å². The number of nitrogens with one attached hydrogen (secondary N) is 1. The zero-order chi connectivity index (χ0) is 45.8. The van der Waals surface area contributed by atoms with Gasteiger partial charge < -0.3 is 24.6 Å². The zero-order valence-corrected chi connectivity index (χ0v) is 35.1. The summed E-state index contributed by atoms with van der Waals surface area (Å²) in [5, 5.41) is 2.54. The van der Waals surface area contributed by atoms with E-state index < -0.39 is 59.7 Å². The van der Waals surface area contributed by atoms with Gasteiger partial charge in [0.2, 0.25) is 17.7 Å². The highest BCUT2D eigenvalue weighted by Crippen LogP contribution is 2.33. The van der Waals surface area contributed by atoms with Crippen molar-refractivity contribution >= 4 is 45.4 Å². The van der Waals surface area contributed by atoms with Gasteiger partial charge in [-0.25, -0.2) is 18.7 Å². The second-order valence-electron chi connectivity index (χ2n) is 15.2. The molecular weight excluding hydrogens is 916 g/mol. The van der Waals surface area contributed by atoms with Crippen molar-refractivity contribution in [3.8, 4) is 0 Å². The normalized spacial score (nSPS) is 19.6. The Hall–Kier alpha value is -5.54. The topological polar surface area (TPSA) is 134 Å². The number of nitrogens with zero attached hydrogens (tertiary/aromatic N) is 5. The minimum Gasteiger partial charge on any atom is -0.380 e. The van der Waals surface area contributed by atoms with E-state index in [1.54, 1.807) is 20.0 Å². The van der Waals surface area contributed by atoms with Crippen LogP contribution < -0.4 is 10.2 Å². The predicted octanol–water partition coefficient (Wildman–Crippen LogP) is 6.41. The smallest absolute Gasteiger partial charge is 0.380 e. The molecule has 4 amide bonds. The van der Waals surface area contributed by atoms with Gasteiger partial charge in [0.15, 0.2) is 17.5 Å². The highest BCUT2D eigenvalue weighted by molar-refractivity contribution is 9.10. The molecule has 4 aliphatic rings. The maximum absolute atomic E-state index is 14.4. The number of carbonyl (C=O) groups excluding carboxylic acids is 4. The van der Waals surface area contributed by atoms with E-state index in [1.165, 1.54) is 52.4 Å². The van der Waals surface area contributed by atoms with Gasteiger partial charge in [0, 0.05) is 37.3 Å². The van der Waals surface area contributed by atoms with Gasteiger partial charge in [-0.3, -0.25) is 24.1 Å². The number of piperazine rings is 2. The molecular formula is C42H39BrF8N6O6. The Labute approximate surface area is 363 Å². The molecule has 336 valence electrons. The second kappa shape index (κ2) is 19.5. The van der Waals surface area contributed by atoms with Crippen LogP contribution in [0.25, 0.3) is 0 Å². The van der Waals surface area contributed by atoms with Crippen molar-refractivity contribution in [3.05, 3.63) is 123 Å². The van der Waals surface area contributed by atoms with Gasteiger partial charge in [0.25, 0.3) is 5.91 Å². The van der Waals surface area contributed by atoms with Crippen molar-refractivity contribution in [1.29, 1.82) is 0 Å². The summed E-state index contributed by atoms with van der Waals surface area (Å²) in [7, 11) is 0. The lowest BCUT2D eigenvalue weighted by Gasteiger charge is -2.45. The molecule has 1 N–H and O–H groups in total. The van der Waals surface area contributed by atoms with Gasteiger partial charge in [-0.05, 0) is 88.4 Å². The molecule has 2 aromatic heterocycles. The third-order valence-corrected chi connectivity index (χ3v) is 11.0. The largest absolute Gasteiger partial charge is 0.416 e. The minimum absolute atomic E-state index is 0.0402. The first-order chi connectivity index (χ1) is 29.7. The molecule has 4 fully saturated rings. The number of pyridine rings is 2. The molecule has 6 heterocycles. The van der Waals surface area contributed by atoms with E-state index in [4.69, 9.17) is 9.47 Å². The summed E-state index contributed by atoms with van der Waals surface area (Å²) in [5.74, 6) is -3.03. The number of aromatic nitrogens is 2. The van der Waals surface area contributed by atoms with E-state index in [2.05, 4.69) is 31.2 Å². The molecule has 0 saturated carbocycles. The highest BCUT2D eigenvalue weighted by Gasteiger charge is 2.48. The third-order valence-electron chi connectivity index (χ3n) is 10.4. The molecule has 63 heavy (non-hydrogen) atoms. The van der Waals surface area contributed by atoms with Crippen LogP contribution in [-0.4, -0.2) is 95.0 Å². The van der Waals surface area contributed by atoms with Gasteiger partial charge in [-0.1, -0.05) is 24.3 Å². The monoisotopic (exact) mass is 954 g/mol. The SMILES string of the molecule is Cc1cnc(Br)c(F)c1.Cc1cnc(N2CC(=O)N(Cc3ccc(C(F)(F)F)cc3)C(C3COC3)C2=O)c(F)c1.O=C1NCC(=O)N(Cc2ccc(C(F)(F)F)cc2)C1C1COC1. The Morgan fingerprint density at radius 2 is 1.14 bits per heavy atom. The Balaban J connectivity index is 0.000000180. The number of carbonyl (C=O) groups is 4. The van der Waals surface area contributed by atoms with Crippen LogP contribution in [0.2, 0.25) is 0 Å². The van der Waals surface area contributed by atoms with E-state index in [-0.39, 0.29) is 72.7 Å². The third kappa shape index (κ3) is 11.4. The average Bonchev–Trinajstić information content (AvgIpc) is 3.18. The van der Waals surface area contributed by atoms with Crippen LogP contribution in [0.3, 0.4) is 0 Å². The molecule has 0 bridgehead atoms. The van der Waals surface area contributed by atoms with E-state index in [1.807, 2.05) is 0 Å². The molecule has 4 aliphatic heterocycles. The molecule has 21 heteroatoms. The molecule has 4 aromatic rings. The summed E-state index contributed by atoms with van der Waals surface area (Å²) >= 11 is 2.94. The molecule has 12 nitrogen and oxygen atoms in total. The lowest BCUT2D eigenvalue weighted by Crippen LogP contribution is -2.65. The van der Waals surface area contributed by atoms with Crippen LogP contribution in [0.4, 0.5) is 40.9 Å². The van der Waals surface area contributed by atoms with Crippen LogP contribution in [0.5, 0.6) is 0 Å². The molecule has 4 saturated heterocycles. The van der Waals surface area contributed by atoms with Crippen LogP contribution in [-0.2, 0) is 54.1 Å². The number of rotatable bonds is 7. The first-order valence-electron chi connectivity index (χ1n) is 19.3. The van der Waals surface area contributed by atoms with Crippen molar-refractivity contribution in [2.75, 3.05) is 44.4 Å². The first kappa shape index (κ1) is 47.0. The van der Waals surface area contributed by atoms with E-state index in [0.717, 1.165) is 34.7 Å². The number of halogens is 9. The molecule has 0 radical (unpaired) electrons. The maximum Gasteiger partial charge on any atom is 0.416 e. The average molecular weight is 956 g/mol. The first-order valence-corrected chi connectivity index (χ1v) is 20.1. The highest BCUT2D eigenvalue weighted by atomic mass is 79.9. The van der Waals surface area contributed by atoms with Gasteiger partial charge in [-0.2, -0.15) is 26.3 Å². The number of alkyl halides is 6. The Morgan fingerprint density at radius 1 is 0.683 bits per heavy atom. The fourth-order valence-electron chi connectivity index (χ4n) is 7.00. The molecule has 2 atom stereocenters. The van der Waals surface area contributed by atoms with Crippen molar-refractivity contribution in [1.82, 2.24) is 25.1 Å². The van der Waals surface area contributed by atoms with E-state index in [9.17, 15) is 54.3 Å². The lowest BCUT2D eigenvalue weighted by atomic mass is 9.92. The summed E-state index contributed by atoms with van der Waals surface area (Å²) in [6.45, 7) is 4.32. The number of benzene rings is 2. The number of hydrogen-bond acceptors (Lipinski definition) is 8. The maximum atomic E-state index is 14.4. The molecule has 2 aromatic carbocycles. The zero-order valence-electron chi connectivity index (χ0n) is 33.5. The van der Waals surface area contributed by atoms with Crippen molar-refractivity contribution < 1.29 is 63.8 Å². The van der Waals surface area contributed by atoms with Crippen molar-refractivity contribution in [3.63, 3.8) is 0 Å². The summed E-state index contributed by atoms with van der Waals surface area (Å²) in [4.78, 5) is 61.9. The number of aryl methyl sites for hydroxylation is 2. The van der Waals surface area contributed by atoms with Crippen molar-refractivity contribution in [2.45, 2.75) is 51.4 Å². The van der Waals surface area contributed by atoms with Gasteiger partial charge in [-0.15, -0.1) is 0 Å². The van der Waals surface area contributed by atoms with Crippen LogP contribution in [0.15, 0.2) is 77.7 Å². The number of amides is 4. The Morgan fingerprint density at radius 3 is 1.57 bits per heavy atom. The van der Waals surface area contributed by atoms with Gasteiger partial charge in [0.05, 0.1) is 44.1 Å². The van der Waals surface area contributed by atoms with Crippen molar-refractivity contribution in [2.24, 2.45) is 11.8 Å². The predicted molar refractivity (Wildman–Crippen MR) is 211 cm³/mol. The Kier molecular flexibility index (Phi) is 14.5. The van der Waals surface area contributed by atoms with E-state index in [0.29, 0.717) is 29.9 Å². The van der Waals surface area contributed by atoms with Gasteiger partial charge in [0.1, 0.15) is 23.2 Å². The minimum atomic E-state index is -4.47. The van der Waals surface area contributed by atoms with Gasteiger partial charge >= 0.3 is 12.4 Å². The number of anilines is 1. The molecule has 8 rings (SSSR count). The van der Waals surface area contributed by atoms with E-state index >= 15 is 0 Å². The molecule has 0 aliphatic carbocycles. The quantitative estimate of drug-likeness (QED) is 0.166. The number of hydrogen-bond donors (Lipinski definition) is 1. The van der Waals surface area contributed by atoms with Crippen LogP contribution in [0, 0.1) is 37.3 Å². The molecule has 0 spiro atoms. The Bertz CT molecular complexity index is 2310. The fourth-order valence-corrected chi connectivity index (χ4v) is 7.22.